The Kier molecular flexibility index (Phi) is 8.48. The van der Waals surface area contributed by atoms with Crippen molar-refractivity contribution in [2.75, 3.05) is 26.4 Å². The summed E-state index contributed by atoms with van der Waals surface area (Å²) in [6.45, 7) is 6.50. The molecule has 1 N–H and O–H groups in total. The van der Waals surface area contributed by atoms with Gasteiger partial charge in [-0.2, -0.15) is 0 Å². The van der Waals surface area contributed by atoms with E-state index in [1.54, 1.807) is 25.2 Å². The van der Waals surface area contributed by atoms with Crippen molar-refractivity contribution in [1.82, 2.24) is 14.5 Å². The van der Waals surface area contributed by atoms with E-state index < -0.39 is 17.6 Å². The Morgan fingerprint density at radius 2 is 1.89 bits per heavy atom. The fourth-order valence-corrected chi connectivity index (χ4v) is 3.79. The van der Waals surface area contributed by atoms with Gasteiger partial charge in [-0.25, -0.2) is 4.79 Å². The number of ether oxygens (including phenoxy) is 3. The van der Waals surface area contributed by atoms with Crippen LogP contribution in [0.15, 0.2) is 23.0 Å². The molecule has 188 valence electrons. The number of piperidine rings is 1. The summed E-state index contributed by atoms with van der Waals surface area (Å²) >= 11 is 0. The summed E-state index contributed by atoms with van der Waals surface area (Å²) in [6.07, 6.45) is 0.631. The molecule has 1 unspecified atom stereocenters. The van der Waals surface area contributed by atoms with E-state index in [-0.39, 0.29) is 50.0 Å². The van der Waals surface area contributed by atoms with E-state index in [1.165, 1.54) is 9.13 Å². The fourth-order valence-electron chi connectivity index (χ4n) is 3.79. The first-order valence-electron chi connectivity index (χ1n) is 11.5. The first-order chi connectivity index (χ1) is 16.6. The minimum atomic E-state index is -0.745. The molecule has 2 amide bonds. The van der Waals surface area contributed by atoms with Gasteiger partial charge in [0.2, 0.25) is 11.8 Å². The highest BCUT2D eigenvalue weighted by molar-refractivity contribution is 6.00. The molecule has 1 fully saturated rings. The number of imide groups is 1. The molecule has 0 aliphatic carbocycles. The Bertz CT molecular complexity index is 1220. The summed E-state index contributed by atoms with van der Waals surface area (Å²) in [5.41, 5.74) is 0.968. The lowest BCUT2D eigenvalue weighted by atomic mass is 10.1. The van der Waals surface area contributed by atoms with Gasteiger partial charge >= 0.3 is 11.7 Å². The Morgan fingerprint density at radius 3 is 2.60 bits per heavy atom. The van der Waals surface area contributed by atoms with Gasteiger partial charge in [0.05, 0.1) is 42.8 Å². The zero-order valence-electron chi connectivity index (χ0n) is 20.5. The smallest absolute Gasteiger partial charge is 0.329 e. The number of carbonyl (C=O) groups is 3. The van der Waals surface area contributed by atoms with Crippen LogP contribution in [0.25, 0.3) is 11.0 Å². The lowest BCUT2D eigenvalue weighted by Gasteiger charge is -2.21. The minimum absolute atomic E-state index is 0.160. The number of esters is 1. The number of benzene rings is 1. The van der Waals surface area contributed by atoms with Crippen LogP contribution in [0.2, 0.25) is 0 Å². The third kappa shape index (κ3) is 6.81. The van der Waals surface area contributed by atoms with Gasteiger partial charge in [0.15, 0.2) is 0 Å². The highest BCUT2D eigenvalue weighted by Gasteiger charge is 2.31. The van der Waals surface area contributed by atoms with Crippen molar-refractivity contribution >= 4 is 28.8 Å². The second-order valence-electron chi connectivity index (χ2n) is 9.15. The van der Waals surface area contributed by atoms with Gasteiger partial charge in [-0.3, -0.25) is 28.8 Å². The zero-order chi connectivity index (χ0) is 25.6. The van der Waals surface area contributed by atoms with Crippen LogP contribution >= 0.6 is 0 Å². The number of para-hydroxylation sites is 1. The molecule has 1 saturated heterocycles. The quantitative estimate of drug-likeness (QED) is 0.260. The predicted octanol–water partition coefficient (Wildman–Crippen LogP) is 1.43. The van der Waals surface area contributed by atoms with E-state index in [0.29, 0.717) is 29.8 Å². The average molecular weight is 486 g/mol. The minimum Gasteiger partial charge on any atom is -0.460 e. The van der Waals surface area contributed by atoms with Crippen LogP contribution in [0.4, 0.5) is 0 Å². The van der Waals surface area contributed by atoms with Gasteiger partial charge in [0, 0.05) is 13.5 Å². The van der Waals surface area contributed by atoms with Crippen molar-refractivity contribution in [3.63, 3.8) is 0 Å². The number of nitrogens with zero attached hydrogens (tertiary/aromatic N) is 2. The van der Waals surface area contributed by atoms with Gasteiger partial charge < -0.3 is 14.2 Å². The lowest BCUT2D eigenvalue weighted by molar-refractivity contribution is -0.156. The molecule has 0 saturated carbocycles. The Morgan fingerprint density at radius 1 is 1.14 bits per heavy atom. The van der Waals surface area contributed by atoms with E-state index in [1.807, 2.05) is 20.8 Å². The third-order valence-electron chi connectivity index (χ3n) is 5.26. The van der Waals surface area contributed by atoms with E-state index in [4.69, 9.17) is 14.2 Å². The van der Waals surface area contributed by atoms with Crippen LogP contribution < -0.4 is 11.0 Å². The lowest BCUT2D eigenvalue weighted by Crippen LogP contribution is -2.44. The maximum Gasteiger partial charge on any atom is 0.329 e. The van der Waals surface area contributed by atoms with Gasteiger partial charge in [-0.05, 0) is 39.3 Å². The second-order valence-corrected chi connectivity index (χ2v) is 9.15. The molecule has 2 aromatic rings. The third-order valence-corrected chi connectivity index (χ3v) is 5.26. The number of imidazole rings is 1. The summed E-state index contributed by atoms with van der Waals surface area (Å²) in [4.78, 5) is 48.4. The standard InChI is InChI=1S/C25H31N3O7/c1-25(2,3)35-21(30)12-14-34-16-15-33-13-6-8-17-7-5-9-18-22(17)27(4)24(32)28(18)19-10-11-20(29)26-23(19)31/h5,7,9,19H,10-16H2,1-4H3,(H,26,29,31). The number of fused-ring (bicyclic) bond motifs is 1. The second kappa shape index (κ2) is 11.3. The molecule has 2 heterocycles. The molecule has 1 atom stereocenters. The fraction of sp³-hybridized carbons (Fsp3) is 0.520. The van der Waals surface area contributed by atoms with Gasteiger partial charge in [-0.1, -0.05) is 17.9 Å². The summed E-state index contributed by atoms with van der Waals surface area (Å²) in [5, 5.41) is 2.30. The summed E-state index contributed by atoms with van der Waals surface area (Å²) in [7, 11) is 1.63. The topological polar surface area (TPSA) is 118 Å². The molecule has 0 bridgehead atoms. The first-order valence-corrected chi connectivity index (χ1v) is 11.5. The number of aromatic nitrogens is 2. The average Bonchev–Trinajstić information content (AvgIpc) is 3.02. The Balaban J connectivity index is 1.55. The van der Waals surface area contributed by atoms with Crippen LogP contribution in [-0.4, -0.2) is 58.9 Å². The highest BCUT2D eigenvalue weighted by atomic mass is 16.6. The molecule has 3 rings (SSSR count). The molecule has 1 aliphatic rings. The van der Waals surface area contributed by atoms with Gasteiger partial charge in [0.25, 0.3) is 0 Å². The number of amides is 2. The summed E-state index contributed by atoms with van der Waals surface area (Å²) < 4.78 is 18.9. The largest absolute Gasteiger partial charge is 0.460 e. The number of hydrogen-bond donors (Lipinski definition) is 1. The summed E-state index contributed by atoms with van der Waals surface area (Å²) in [6, 6.07) is 4.58. The molecular weight excluding hydrogens is 454 g/mol. The monoisotopic (exact) mass is 485 g/mol. The first kappa shape index (κ1) is 26.2. The van der Waals surface area contributed by atoms with E-state index in [9.17, 15) is 19.2 Å². The van der Waals surface area contributed by atoms with Crippen LogP contribution in [0.3, 0.4) is 0 Å². The van der Waals surface area contributed by atoms with Gasteiger partial charge in [-0.15, -0.1) is 0 Å². The summed E-state index contributed by atoms with van der Waals surface area (Å²) in [5.74, 6) is 4.83. The van der Waals surface area contributed by atoms with Crippen LogP contribution in [-0.2, 0) is 35.6 Å². The normalized spacial score (nSPS) is 16.1. The van der Waals surface area contributed by atoms with Crippen LogP contribution in [0, 0.1) is 11.8 Å². The number of rotatable bonds is 8. The van der Waals surface area contributed by atoms with Gasteiger partial charge in [0.1, 0.15) is 18.2 Å². The van der Waals surface area contributed by atoms with E-state index >= 15 is 0 Å². The molecule has 10 heteroatoms. The molecule has 0 spiro atoms. The molecule has 10 nitrogen and oxygen atoms in total. The van der Waals surface area contributed by atoms with E-state index in [0.717, 1.165) is 0 Å². The zero-order valence-corrected chi connectivity index (χ0v) is 20.5. The van der Waals surface area contributed by atoms with Crippen molar-refractivity contribution < 1.29 is 28.6 Å². The predicted molar refractivity (Wildman–Crippen MR) is 128 cm³/mol. The van der Waals surface area contributed by atoms with Crippen molar-refractivity contribution in [1.29, 1.82) is 0 Å². The number of aryl methyl sites for hydroxylation is 1. The molecule has 0 radical (unpaired) electrons. The van der Waals surface area contributed by atoms with Crippen molar-refractivity contribution in [2.24, 2.45) is 7.05 Å². The Hall–Kier alpha value is -3.42. The maximum absolute atomic E-state index is 12.9. The molecule has 1 aliphatic heterocycles. The Labute approximate surface area is 203 Å². The number of carbonyl (C=O) groups excluding carboxylic acids is 3. The number of hydrogen-bond acceptors (Lipinski definition) is 7. The van der Waals surface area contributed by atoms with E-state index in [2.05, 4.69) is 17.2 Å². The molecule has 1 aromatic carbocycles. The molecular formula is C25H31N3O7. The maximum atomic E-state index is 12.9. The van der Waals surface area contributed by atoms with Crippen molar-refractivity contribution in [2.45, 2.75) is 51.7 Å². The van der Waals surface area contributed by atoms with Crippen molar-refractivity contribution in [3.8, 4) is 11.8 Å². The molecule has 35 heavy (non-hydrogen) atoms. The van der Waals surface area contributed by atoms with Crippen LogP contribution in [0.1, 0.15) is 51.6 Å². The van der Waals surface area contributed by atoms with Crippen molar-refractivity contribution in [3.05, 3.63) is 34.2 Å². The van der Waals surface area contributed by atoms with Crippen LogP contribution in [0.5, 0.6) is 0 Å². The molecule has 1 aromatic heterocycles. The number of nitrogens with one attached hydrogen (secondary N) is 1. The SMILES string of the molecule is Cn1c(=O)n(C2CCC(=O)NC2=O)c2cccc(C#CCOCCOCCC(=O)OC(C)(C)C)c21. The highest BCUT2D eigenvalue weighted by Crippen LogP contribution is 2.24.